The average molecular weight is 418 g/mol. The molecule has 2 aromatic carbocycles. The maximum absolute atomic E-state index is 12.6. The molecule has 0 bridgehead atoms. The number of anilines is 2. The number of hydrogen-bond acceptors (Lipinski definition) is 5. The minimum absolute atomic E-state index is 0.0848. The Kier molecular flexibility index (Phi) is 6.89. The summed E-state index contributed by atoms with van der Waals surface area (Å²) in [5, 5.41) is 5.85. The van der Waals surface area contributed by atoms with Crippen LogP contribution in [0.3, 0.4) is 0 Å². The monoisotopic (exact) mass is 417 g/mol. The zero-order valence-corrected chi connectivity index (χ0v) is 17.5. The van der Waals surface area contributed by atoms with E-state index < -0.39 is 10.0 Å². The van der Waals surface area contributed by atoms with Gasteiger partial charge in [0.05, 0.1) is 24.7 Å². The summed E-state index contributed by atoms with van der Waals surface area (Å²) in [4.78, 5) is 12.4. The smallest absolute Gasteiger partial charge is 0.243 e. The second-order valence-corrected chi connectivity index (χ2v) is 9.16. The lowest BCUT2D eigenvalue weighted by molar-refractivity contribution is -0.114. The lowest BCUT2D eigenvalue weighted by Gasteiger charge is -2.26. The maximum atomic E-state index is 12.6. The highest BCUT2D eigenvalue weighted by atomic mass is 32.2. The molecular formula is C21H27N3O4S. The molecule has 1 amide bonds. The Morgan fingerprint density at radius 1 is 1.00 bits per heavy atom. The van der Waals surface area contributed by atoms with Crippen molar-refractivity contribution >= 4 is 27.3 Å². The highest BCUT2D eigenvalue weighted by Gasteiger charge is 2.26. The topological polar surface area (TPSA) is 87.7 Å². The number of morpholine rings is 1. The molecule has 8 heteroatoms. The van der Waals surface area contributed by atoms with Crippen LogP contribution in [0.5, 0.6) is 0 Å². The van der Waals surface area contributed by atoms with Crippen molar-refractivity contribution < 1.29 is 17.9 Å². The summed E-state index contributed by atoms with van der Waals surface area (Å²) in [7, 11) is -3.51. The van der Waals surface area contributed by atoms with E-state index in [1.54, 1.807) is 24.3 Å². The van der Waals surface area contributed by atoms with Crippen LogP contribution < -0.4 is 10.6 Å². The van der Waals surface area contributed by atoms with Gasteiger partial charge in [0, 0.05) is 24.5 Å². The zero-order valence-electron chi connectivity index (χ0n) is 16.7. The molecule has 0 unspecified atom stereocenters. The molecule has 156 valence electrons. The van der Waals surface area contributed by atoms with Gasteiger partial charge in [-0.2, -0.15) is 4.31 Å². The van der Waals surface area contributed by atoms with Crippen LogP contribution in [-0.2, 0) is 19.6 Å². The minimum Gasteiger partial charge on any atom is -0.379 e. The van der Waals surface area contributed by atoms with E-state index in [2.05, 4.69) is 24.5 Å². The highest BCUT2D eigenvalue weighted by molar-refractivity contribution is 7.89. The highest BCUT2D eigenvalue weighted by Crippen LogP contribution is 2.20. The Hall–Kier alpha value is -2.42. The standard InChI is InChI=1S/C21H27N3O4S/c1-16(2)17-3-5-19(6-4-17)23-21(25)15-22-18-7-9-20(10-8-18)29(26,27)24-11-13-28-14-12-24/h3-10,16,22H,11-15H2,1-2H3,(H,23,25). The van der Waals surface area contributed by atoms with E-state index >= 15 is 0 Å². The Morgan fingerprint density at radius 3 is 2.17 bits per heavy atom. The Morgan fingerprint density at radius 2 is 1.59 bits per heavy atom. The molecular weight excluding hydrogens is 390 g/mol. The van der Waals surface area contributed by atoms with Gasteiger partial charge in [-0.05, 0) is 47.9 Å². The molecule has 2 aromatic rings. The van der Waals surface area contributed by atoms with Crippen LogP contribution in [-0.4, -0.2) is 51.5 Å². The van der Waals surface area contributed by atoms with Crippen LogP contribution >= 0.6 is 0 Å². The largest absolute Gasteiger partial charge is 0.379 e. The number of carbonyl (C=O) groups is 1. The first-order valence-electron chi connectivity index (χ1n) is 9.68. The normalized spacial score (nSPS) is 15.3. The van der Waals surface area contributed by atoms with Gasteiger partial charge in [-0.25, -0.2) is 8.42 Å². The van der Waals surface area contributed by atoms with Gasteiger partial charge in [-0.3, -0.25) is 4.79 Å². The number of hydrogen-bond donors (Lipinski definition) is 2. The quantitative estimate of drug-likeness (QED) is 0.723. The van der Waals surface area contributed by atoms with Crippen molar-refractivity contribution in [1.29, 1.82) is 0 Å². The third-order valence-corrected chi connectivity index (χ3v) is 6.69. The molecule has 1 heterocycles. The van der Waals surface area contributed by atoms with E-state index in [9.17, 15) is 13.2 Å². The SMILES string of the molecule is CC(C)c1ccc(NC(=O)CNc2ccc(S(=O)(=O)N3CCOCC3)cc2)cc1. The molecule has 1 aliphatic rings. The summed E-state index contributed by atoms with van der Waals surface area (Å²) in [5.41, 5.74) is 2.64. The molecule has 1 aliphatic heterocycles. The summed E-state index contributed by atoms with van der Waals surface area (Å²) in [6.45, 7) is 5.87. The number of nitrogens with one attached hydrogen (secondary N) is 2. The maximum Gasteiger partial charge on any atom is 0.243 e. The number of sulfonamides is 1. The van der Waals surface area contributed by atoms with Crippen molar-refractivity contribution in [1.82, 2.24) is 4.31 Å². The molecule has 0 radical (unpaired) electrons. The van der Waals surface area contributed by atoms with Crippen LogP contribution in [0.15, 0.2) is 53.4 Å². The minimum atomic E-state index is -3.51. The third kappa shape index (κ3) is 5.56. The number of rotatable bonds is 7. The van der Waals surface area contributed by atoms with Gasteiger partial charge < -0.3 is 15.4 Å². The summed E-state index contributed by atoms with van der Waals surface area (Å²) >= 11 is 0. The fourth-order valence-electron chi connectivity index (χ4n) is 3.02. The van der Waals surface area contributed by atoms with E-state index in [0.717, 1.165) is 5.69 Å². The second kappa shape index (κ2) is 9.39. The molecule has 0 aromatic heterocycles. The van der Waals surface area contributed by atoms with E-state index in [1.165, 1.54) is 9.87 Å². The zero-order chi connectivity index (χ0) is 20.9. The van der Waals surface area contributed by atoms with Crippen molar-refractivity contribution in [3.63, 3.8) is 0 Å². The van der Waals surface area contributed by atoms with Crippen LogP contribution in [0.2, 0.25) is 0 Å². The van der Waals surface area contributed by atoms with Gasteiger partial charge in [0.25, 0.3) is 0 Å². The number of benzene rings is 2. The number of amides is 1. The molecule has 3 rings (SSSR count). The van der Waals surface area contributed by atoms with E-state index in [4.69, 9.17) is 4.74 Å². The van der Waals surface area contributed by atoms with Crippen LogP contribution in [0.25, 0.3) is 0 Å². The summed E-state index contributed by atoms with van der Waals surface area (Å²) in [5.74, 6) is 0.267. The molecule has 0 spiro atoms. The van der Waals surface area contributed by atoms with Gasteiger partial charge in [-0.1, -0.05) is 26.0 Å². The summed E-state index contributed by atoms with van der Waals surface area (Å²) < 4.78 is 31.9. The Labute approximate surface area is 172 Å². The van der Waals surface area contributed by atoms with Crippen LogP contribution in [0, 0.1) is 0 Å². The predicted molar refractivity (Wildman–Crippen MR) is 114 cm³/mol. The summed E-state index contributed by atoms with van der Waals surface area (Å²) in [6, 6.07) is 14.2. The Bertz CT molecular complexity index is 919. The Balaban J connectivity index is 1.53. The average Bonchev–Trinajstić information content (AvgIpc) is 2.73. The van der Waals surface area contributed by atoms with Crippen molar-refractivity contribution in [3.05, 3.63) is 54.1 Å². The first-order chi connectivity index (χ1) is 13.9. The molecule has 1 fully saturated rings. The van der Waals surface area contributed by atoms with E-state index in [1.807, 2.05) is 24.3 Å². The number of ether oxygens (including phenoxy) is 1. The fourth-order valence-corrected chi connectivity index (χ4v) is 4.43. The third-order valence-electron chi connectivity index (χ3n) is 4.78. The van der Waals surface area contributed by atoms with E-state index in [-0.39, 0.29) is 17.3 Å². The lowest BCUT2D eigenvalue weighted by atomic mass is 10.0. The van der Waals surface area contributed by atoms with Gasteiger partial charge in [-0.15, -0.1) is 0 Å². The molecule has 2 N–H and O–H groups in total. The van der Waals surface area contributed by atoms with Gasteiger partial charge in [0.2, 0.25) is 15.9 Å². The predicted octanol–water partition coefficient (Wildman–Crippen LogP) is 2.88. The van der Waals surface area contributed by atoms with Crippen LogP contribution in [0.4, 0.5) is 11.4 Å². The molecule has 29 heavy (non-hydrogen) atoms. The molecule has 7 nitrogen and oxygen atoms in total. The van der Waals surface area contributed by atoms with Crippen molar-refractivity contribution in [3.8, 4) is 0 Å². The number of carbonyl (C=O) groups excluding carboxylic acids is 1. The second-order valence-electron chi connectivity index (χ2n) is 7.22. The molecule has 0 aliphatic carbocycles. The van der Waals surface area contributed by atoms with Crippen molar-refractivity contribution in [2.24, 2.45) is 0 Å². The van der Waals surface area contributed by atoms with Crippen LogP contribution in [0.1, 0.15) is 25.3 Å². The number of nitrogens with zero attached hydrogens (tertiary/aromatic N) is 1. The molecule has 0 saturated carbocycles. The van der Waals surface area contributed by atoms with Gasteiger partial charge in [0.15, 0.2) is 0 Å². The lowest BCUT2D eigenvalue weighted by Crippen LogP contribution is -2.40. The van der Waals surface area contributed by atoms with Gasteiger partial charge >= 0.3 is 0 Å². The van der Waals surface area contributed by atoms with E-state index in [0.29, 0.717) is 37.9 Å². The van der Waals surface area contributed by atoms with Crippen molar-refractivity contribution in [2.75, 3.05) is 43.5 Å². The first kappa shape index (κ1) is 21.3. The first-order valence-corrected chi connectivity index (χ1v) is 11.1. The summed E-state index contributed by atoms with van der Waals surface area (Å²) in [6.07, 6.45) is 0. The van der Waals surface area contributed by atoms with Gasteiger partial charge in [0.1, 0.15) is 0 Å². The fraction of sp³-hybridized carbons (Fsp3) is 0.381. The molecule has 0 atom stereocenters. The molecule has 1 saturated heterocycles. The van der Waals surface area contributed by atoms with Crippen molar-refractivity contribution in [2.45, 2.75) is 24.7 Å².